The third-order valence-corrected chi connectivity index (χ3v) is 14.9. The fourth-order valence-corrected chi connectivity index (χ4v) is 9.50. The number of carbonyl (C=O) groups is 4. The molecule has 0 radical (unpaired) electrons. The topological polar surface area (TPSA) is 181 Å². The number of alkyl halides is 8. The number of pyridine rings is 1. The maximum atomic E-state index is 16.1. The van der Waals surface area contributed by atoms with Gasteiger partial charge in [0.25, 0.3) is 0 Å². The van der Waals surface area contributed by atoms with Gasteiger partial charge in [-0.15, -0.1) is 0 Å². The number of rotatable bonds is 21. The van der Waals surface area contributed by atoms with E-state index in [1.165, 1.54) is 12.1 Å². The molecule has 2 aromatic carbocycles. The maximum absolute atomic E-state index is 16.1. The van der Waals surface area contributed by atoms with Crippen LogP contribution in [0.15, 0.2) is 67.1 Å². The summed E-state index contributed by atoms with van der Waals surface area (Å²) in [4.78, 5) is 62.5. The first-order chi connectivity index (χ1) is 38.0. The van der Waals surface area contributed by atoms with Crippen LogP contribution in [0.1, 0.15) is 82.2 Å². The van der Waals surface area contributed by atoms with E-state index in [0.717, 1.165) is 84.7 Å². The molecule has 0 spiro atoms. The molecule has 2 fully saturated rings. The van der Waals surface area contributed by atoms with Crippen LogP contribution in [0, 0.1) is 46.1 Å². The van der Waals surface area contributed by atoms with Gasteiger partial charge in [0.05, 0.1) is 49.7 Å². The summed E-state index contributed by atoms with van der Waals surface area (Å²) in [6.45, 7) is 2.21. The fraction of sp³-hybridized carbons (Fsp3) is 0.527. The van der Waals surface area contributed by atoms with Crippen molar-refractivity contribution in [1.29, 1.82) is 0 Å². The summed E-state index contributed by atoms with van der Waals surface area (Å²) < 4.78 is 161. The molecule has 3 N–H and O–H groups in total. The van der Waals surface area contributed by atoms with E-state index in [1.807, 2.05) is 17.4 Å². The number of nitrogens with zero attached hydrogens (tertiary/aromatic N) is 6. The zero-order chi connectivity index (χ0) is 59.6. The molecule has 2 amide bonds. The number of hydrogen-bond donors (Lipinski definition) is 3. The summed E-state index contributed by atoms with van der Waals surface area (Å²) in [6.07, 6.45) is -10.9. The molecule has 2 aliphatic heterocycles. The first-order valence-corrected chi connectivity index (χ1v) is 25.8. The van der Waals surface area contributed by atoms with Gasteiger partial charge in [-0.2, -0.15) is 40.2 Å². The van der Waals surface area contributed by atoms with E-state index >= 15 is 8.78 Å². The molecule has 81 heavy (non-hydrogen) atoms. The first-order valence-electron chi connectivity index (χ1n) is 25.8. The van der Waals surface area contributed by atoms with Crippen molar-refractivity contribution >= 4 is 29.6 Å². The number of halogens is 10. The third-order valence-electron chi connectivity index (χ3n) is 14.9. The molecule has 6 rings (SSSR count). The smallest absolute Gasteiger partial charge is 0.407 e. The minimum absolute atomic E-state index is 0.157. The van der Waals surface area contributed by atoms with Gasteiger partial charge >= 0.3 is 31.0 Å². The number of hydrogen-bond acceptors (Lipinski definition) is 13. The van der Waals surface area contributed by atoms with Crippen molar-refractivity contribution < 1.29 is 82.4 Å². The summed E-state index contributed by atoms with van der Waals surface area (Å²) in [5.41, 5.74) is -3.76. The number of esters is 1. The molecular weight excluding hydrogens is 1090 g/mol. The third kappa shape index (κ3) is 16.2. The number of nitrogens with one attached hydrogen (secondary N) is 2. The van der Waals surface area contributed by atoms with Gasteiger partial charge in [0.2, 0.25) is 5.91 Å². The molecule has 2 aliphatic rings. The summed E-state index contributed by atoms with van der Waals surface area (Å²) in [5, 5.41) is 18.1. The summed E-state index contributed by atoms with van der Waals surface area (Å²) in [6, 6.07) is 9.51. The van der Waals surface area contributed by atoms with Gasteiger partial charge in [-0.1, -0.05) is 37.8 Å². The zero-order valence-corrected chi connectivity index (χ0v) is 45.3. The Hall–Kier alpha value is -6.82. The number of methoxy groups -OCH3 is 2. The quantitative estimate of drug-likeness (QED) is 0.0314. The van der Waals surface area contributed by atoms with Crippen LogP contribution >= 0.6 is 0 Å². The van der Waals surface area contributed by atoms with Crippen LogP contribution in [0.4, 0.5) is 54.5 Å². The Morgan fingerprint density at radius 2 is 1.42 bits per heavy atom. The van der Waals surface area contributed by atoms with Crippen molar-refractivity contribution in [2.45, 2.75) is 103 Å². The van der Waals surface area contributed by atoms with Gasteiger partial charge in [-0.3, -0.25) is 24.7 Å². The van der Waals surface area contributed by atoms with E-state index in [2.05, 4.69) is 46.6 Å². The molecule has 4 aromatic rings. The number of alkyl carbamates (subject to hydrolysis) is 1. The number of aliphatic hydroxyl groups excluding tert-OH is 1. The fourth-order valence-electron chi connectivity index (χ4n) is 9.50. The number of hydrazine groups is 1. The van der Waals surface area contributed by atoms with Crippen molar-refractivity contribution in [1.82, 2.24) is 35.4 Å². The van der Waals surface area contributed by atoms with Gasteiger partial charge in [0.15, 0.2) is 5.78 Å². The molecular formula is C55H64F10N8O8. The highest BCUT2D eigenvalue weighted by molar-refractivity contribution is 5.88. The minimum atomic E-state index is -5.16. The molecule has 2 aromatic heterocycles. The molecule has 2 saturated heterocycles. The van der Waals surface area contributed by atoms with Crippen LogP contribution in [0.25, 0.3) is 11.1 Å². The SMILES string of the molecule is COC(=O)C[C@H](C(=O)NN(Cc1c(F)cc(-c2cnn(C(F)F)c2)cc1F)C[C@H](O)[C@@H](CC(=O)[C@@H](NC(=O)OC)C(C)(C)C(F)(F)F)Cc1ccc(C#Cc2ccc(N3CCN(C4CCOCC4)CC3)nc2)cc1)C(C)(C)C(F)(F)F. The monoisotopic (exact) mass is 1150 g/mol. The van der Waals surface area contributed by atoms with Crippen molar-refractivity contribution in [3.8, 4) is 23.0 Å². The van der Waals surface area contributed by atoms with Gasteiger partial charge in [0, 0.05) is 99.6 Å². The summed E-state index contributed by atoms with van der Waals surface area (Å²) in [5.74, 6) is -3.80. The lowest BCUT2D eigenvalue weighted by molar-refractivity contribution is -0.231. The van der Waals surface area contributed by atoms with Gasteiger partial charge < -0.3 is 29.5 Å². The van der Waals surface area contributed by atoms with Crippen molar-refractivity contribution in [3.63, 3.8) is 0 Å². The first kappa shape index (κ1) is 63.4. The number of amides is 2. The number of ether oxygens (including phenoxy) is 3. The molecule has 26 heteroatoms. The lowest BCUT2D eigenvalue weighted by atomic mass is 9.75. The van der Waals surface area contributed by atoms with Crippen molar-refractivity contribution in [2.24, 2.45) is 22.7 Å². The van der Waals surface area contributed by atoms with E-state index < -0.39 is 121 Å². The van der Waals surface area contributed by atoms with Crippen LogP contribution < -0.4 is 15.6 Å². The average molecular weight is 1160 g/mol. The predicted octanol–water partition coefficient (Wildman–Crippen LogP) is 8.41. The van der Waals surface area contributed by atoms with E-state index in [0.29, 0.717) is 67.6 Å². The standard InChI is InChI=1S/C55H64F10N8O8/c1-52(2,54(60,61)62)41(27-47(76)79-5)49(77)69-72(31-40-42(56)24-36(25-43(40)57)38-29-67-73(30-38)50(58)59)32-45(75)37(26-44(74)48(68-51(78)80-6)53(3,4)55(63,64)65)23-34-10-7-33(8-11-34)9-12-35-13-14-46(66-28-35)71-19-17-70(18-20-71)39-15-21-81-22-16-39/h7-8,10-11,13-14,24-25,28-30,37,39,41,45,48,50,75H,15-23,26-27,31-32H2,1-6H3,(H,68,78)(H,69,77)/t37-,41-,45+,48-/m1/s1. The number of Topliss-reactive ketones (excluding diaryl/α,β-unsaturated/α-hetero) is 1. The number of benzene rings is 2. The predicted molar refractivity (Wildman–Crippen MR) is 274 cm³/mol. The minimum Gasteiger partial charge on any atom is -0.469 e. The number of anilines is 1. The second-order valence-electron chi connectivity index (χ2n) is 21.0. The molecule has 4 heterocycles. The Labute approximate surface area is 461 Å². The Kier molecular flexibility index (Phi) is 21.0. The van der Waals surface area contributed by atoms with E-state index in [9.17, 15) is 59.4 Å². The summed E-state index contributed by atoms with van der Waals surface area (Å²) in [7, 11) is 1.70. The summed E-state index contributed by atoms with van der Waals surface area (Å²) >= 11 is 0. The highest BCUT2D eigenvalue weighted by atomic mass is 19.4. The van der Waals surface area contributed by atoms with E-state index in [4.69, 9.17) is 4.74 Å². The average Bonchev–Trinajstić information content (AvgIpc) is 4.02. The molecule has 0 aliphatic carbocycles. The maximum Gasteiger partial charge on any atom is 0.407 e. The van der Waals surface area contributed by atoms with Crippen molar-refractivity contribution in [2.75, 3.05) is 65.1 Å². The molecule has 0 bridgehead atoms. The number of aromatic nitrogens is 3. The highest BCUT2D eigenvalue weighted by Gasteiger charge is 2.57. The van der Waals surface area contributed by atoms with Crippen molar-refractivity contribution in [3.05, 3.63) is 101 Å². The molecule has 0 saturated carbocycles. The number of piperazine rings is 1. The molecule has 442 valence electrons. The van der Waals surface area contributed by atoms with Crippen LogP contribution in [-0.4, -0.2) is 144 Å². The van der Waals surface area contributed by atoms with E-state index in [1.54, 1.807) is 18.3 Å². The second kappa shape index (κ2) is 26.8. The van der Waals surface area contributed by atoms with E-state index in [-0.39, 0.29) is 22.2 Å². The van der Waals surface area contributed by atoms with Crippen LogP contribution in [0.3, 0.4) is 0 Å². The lowest BCUT2D eigenvalue weighted by Crippen LogP contribution is -2.57. The van der Waals surface area contributed by atoms with Gasteiger partial charge in [-0.25, -0.2) is 28.3 Å². The second-order valence-corrected chi connectivity index (χ2v) is 21.0. The van der Waals surface area contributed by atoms with Crippen LogP contribution in [-0.2, 0) is 41.6 Å². The highest BCUT2D eigenvalue weighted by Crippen LogP contribution is 2.46. The normalized spacial score (nSPS) is 16.5. The lowest BCUT2D eigenvalue weighted by Gasteiger charge is -2.41. The zero-order valence-electron chi connectivity index (χ0n) is 45.3. The Morgan fingerprint density at radius 3 is 1.96 bits per heavy atom. The number of ketones is 1. The molecule has 4 atom stereocenters. The number of carbonyl (C=O) groups excluding carboxylic acids is 4. The van der Waals surface area contributed by atoms with Gasteiger partial charge in [0.1, 0.15) is 23.5 Å². The van der Waals surface area contributed by atoms with Gasteiger partial charge in [-0.05, 0) is 86.6 Å². The molecule has 16 nitrogen and oxygen atoms in total. The molecule has 0 unspecified atom stereocenters. The Morgan fingerprint density at radius 1 is 0.815 bits per heavy atom. The van der Waals surface area contributed by atoms with Crippen LogP contribution in [0.5, 0.6) is 0 Å². The Bertz CT molecular complexity index is 2840. The largest absolute Gasteiger partial charge is 0.469 e. The van der Waals surface area contributed by atoms with Crippen LogP contribution in [0.2, 0.25) is 0 Å². The number of aliphatic hydroxyl groups is 1. The Balaban J connectivity index is 1.31.